The average Bonchev–Trinajstić information content (AvgIpc) is 3.03. The van der Waals surface area contributed by atoms with Gasteiger partial charge in [-0.25, -0.2) is 0 Å². The zero-order chi connectivity index (χ0) is 11.8. The third-order valence-electron chi connectivity index (χ3n) is 5.13. The van der Waals surface area contributed by atoms with Crippen LogP contribution in [-0.4, -0.2) is 12.1 Å². The van der Waals surface area contributed by atoms with E-state index in [1.54, 1.807) is 0 Å². The molecule has 0 amide bonds. The summed E-state index contributed by atoms with van der Waals surface area (Å²) in [6.07, 6.45) is 11.1. The standard InChI is InChI=1S/C15H22N2/c1-10(14-8-11-5-6-12(14)7-11)17-15-4-2-3-13(15)9-16/h5-6,10-15,17H,2-4,7-8H2,1H3. The summed E-state index contributed by atoms with van der Waals surface area (Å²) in [6, 6.07) is 3.50. The van der Waals surface area contributed by atoms with E-state index in [-0.39, 0.29) is 5.92 Å². The van der Waals surface area contributed by atoms with Crippen molar-refractivity contribution in [3.8, 4) is 6.07 Å². The predicted molar refractivity (Wildman–Crippen MR) is 68.2 cm³/mol. The SMILES string of the molecule is CC(NC1CCCC1C#N)C1CC2C=CC1C2. The lowest BCUT2D eigenvalue weighted by molar-refractivity contribution is 0.288. The number of hydrogen-bond acceptors (Lipinski definition) is 2. The van der Waals surface area contributed by atoms with Gasteiger partial charge in [-0.1, -0.05) is 18.6 Å². The summed E-state index contributed by atoms with van der Waals surface area (Å²) >= 11 is 0. The fourth-order valence-corrected chi connectivity index (χ4v) is 4.17. The Morgan fingerprint density at radius 2 is 2.18 bits per heavy atom. The van der Waals surface area contributed by atoms with Crippen LogP contribution in [0.3, 0.4) is 0 Å². The van der Waals surface area contributed by atoms with Crippen molar-refractivity contribution in [2.75, 3.05) is 0 Å². The second kappa shape index (κ2) is 4.46. The van der Waals surface area contributed by atoms with Crippen LogP contribution in [0, 0.1) is 35.0 Å². The molecule has 3 aliphatic carbocycles. The summed E-state index contributed by atoms with van der Waals surface area (Å²) < 4.78 is 0. The smallest absolute Gasteiger partial charge is 0.0672 e. The van der Waals surface area contributed by atoms with Crippen molar-refractivity contribution in [3.05, 3.63) is 12.2 Å². The maximum Gasteiger partial charge on any atom is 0.0672 e. The molecule has 2 nitrogen and oxygen atoms in total. The summed E-state index contributed by atoms with van der Waals surface area (Å²) in [5.41, 5.74) is 0. The molecule has 2 fully saturated rings. The first-order valence-electron chi connectivity index (χ1n) is 7.12. The Labute approximate surface area is 104 Å². The molecule has 3 rings (SSSR count). The number of nitriles is 1. The van der Waals surface area contributed by atoms with Gasteiger partial charge < -0.3 is 5.32 Å². The molecule has 17 heavy (non-hydrogen) atoms. The van der Waals surface area contributed by atoms with Crippen LogP contribution in [0.25, 0.3) is 0 Å². The molecule has 92 valence electrons. The quantitative estimate of drug-likeness (QED) is 0.757. The van der Waals surface area contributed by atoms with E-state index in [1.165, 1.54) is 25.7 Å². The molecule has 6 unspecified atom stereocenters. The van der Waals surface area contributed by atoms with Crippen LogP contribution in [0.15, 0.2) is 12.2 Å². The summed E-state index contributed by atoms with van der Waals surface area (Å²) in [6.45, 7) is 2.33. The zero-order valence-corrected chi connectivity index (χ0v) is 10.6. The van der Waals surface area contributed by atoms with Gasteiger partial charge in [-0.15, -0.1) is 0 Å². The van der Waals surface area contributed by atoms with Gasteiger partial charge in [0.15, 0.2) is 0 Å². The van der Waals surface area contributed by atoms with Crippen LogP contribution in [0.4, 0.5) is 0 Å². The maximum absolute atomic E-state index is 9.12. The first kappa shape index (κ1) is 11.3. The molecule has 2 bridgehead atoms. The van der Waals surface area contributed by atoms with Gasteiger partial charge in [-0.3, -0.25) is 0 Å². The lowest BCUT2D eigenvalue weighted by Gasteiger charge is -2.30. The highest BCUT2D eigenvalue weighted by atomic mass is 15.0. The van der Waals surface area contributed by atoms with E-state index < -0.39 is 0 Å². The van der Waals surface area contributed by atoms with E-state index >= 15 is 0 Å². The third kappa shape index (κ3) is 2.02. The molecule has 0 aromatic heterocycles. The monoisotopic (exact) mass is 230 g/mol. The first-order valence-corrected chi connectivity index (χ1v) is 7.12. The number of nitrogens with one attached hydrogen (secondary N) is 1. The van der Waals surface area contributed by atoms with Crippen LogP contribution in [0.5, 0.6) is 0 Å². The Bertz CT molecular complexity index is 354. The highest BCUT2D eigenvalue weighted by Crippen LogP contribution is 2.45. The Hall–Kier alpha value is -0.810. The van der Waals surface area contributed by atoms with E-state index in [0.717, 1.165) is 24.2 Å². The van der Waals surface area contributed by atoms with Crippen LogP contribution < -0.4 is 5.32 Å². The maximum atomic E-state index is 9.12. The predicted octanol–water partition coefficient (Wildman–Crippen LogP) is 2.87. The molecule has 0 radical (unpaired) electrons. The Kier molecular flexibility index (Phi) is 2.96. The zero-order valence-electron chi connectivity index (χ0n) is 10.6. The molecule has 0 aromatic rings. The second-order valence-electron chi connectivity index (χ2n) is 6.17. The summed E-state index contributed by atoms with van der Waals surface area (Å²) in [4.78, 5) is 0. The minimum Gasteiger partial charge on any atom is -0.310 e. The lowest BCUT2D eigenvalue weighted by Crippen LogP contribution is -2.43. The van der Waals surface area contributed by atoms with Gasteiger partial charge in [0, 0.05) is 12.1 Å². The van der Waals surface area contributed by atoms with E-state index in [4.69, 9.17) is 5.26 Å². The average molecular weight is 230 g/mol. The highest BCUT2D eigenvalue weighted by molar-refractivity contribution is 5.12. The van der Waals surface area contributed by atoms with Gasteiger partial charge in [0.05, 0.1) is 12.0 Å². The van der Waals surface area contributed by atoms with Crippen LogP contribution in [0.2, 0.25) is 0 Å². The second-order valence-corrected chi connectivity index (χ2v) is 6.17. The molecule has 0 saturated heterocycles. The van der Waals surface area contributed by atoms with E-state index in [9.17, 15) is 0 Å². The third-order valence-corrected chi connectivity index (χ3v) is 5.13. The van der Waals surface area contributed by atoms with Crippen molar-refractivity contribution in [2.24, 2.45) is 23.7 Å². The molecule has 1 N–H and O–H groups in total. The number of fused-ring (bicyclic) bond motifs is 2. The van der Waals surface area contributed by atoms with Crippen molar-refractivity contribution < 1.29 is 0 Å². The van der Waals surface area contributed by atoms with Crippen LogP contribution in [0.1, 0.15) is 39.0 Å². The number of rotatable bonds is 3. The Morgan fingerprint density at radius 1 is 1.29 bits per heavy atom. The molecular weight excluding hydrogens is 208 g/mol. The minimum absolute atomic E-state index is 0.256. The summed E-state index contributed by atoms with van der Waals surface area (Å²) in [5, 5.41) is 12.9. The highest BCUT2D eigenvalue weighted by Gasteiger charge is 2.39. The number of allylic oxidation sites excluding steroid dienone is 2. The molecule has 2 heteroatoms. The lowest BCUT2D eigenvalue weighted by atomic mass is 9.87. The molecule has 2 saturated carbocycles. The van der Waals surface area contributed by atoms with Crippen LogP contribution in [-0.2, 0) is 0 Å². The van der Waals surface area contributed by atoms with Gasteiger partial charge in [0.2, 0.25) is 0 Å². The van der Waals surface area contributed by atoms with Gasteiger partial charge in [-0.2, -0.15) is 5.26 Å². The first-order chi connectivity index (χ1) is 8.28. The van der Waals surface area contributed by atoms with Gasteiger partial charge >= 0.3 is 0 Å². The summed E-state index contributed by atoms with van der Waals surface area (Å²) in [5.74, 6) is 2.73. The molecule has 3 aliphatic rings. The van der Waals surface area contributed by atoms with Crippen molar-refractivity contribution in [1.82, 2.24) is 5.32 Å². The largest absolute Gasteiger partial charge is 0.310 e. The summed E-state index contributed by atoms with van der Waals surface area (Å²) in [7, 11) is 0. The minimum atomic E-state index is 0.256. The van der Waals surface area contributed by atoms with E-state index in [2.05, 4.69) is 30.5 Å². The fourth-order valence-electron chi connectivity index (χ4n) is 4.17. The van der Waals surface area contributed by atoms with E-state index in [0.29, 0.717) is 12.1 Å². The molecule has 0 heterocycles. The Balaban J connectivity index is 1.59. The molecule has 0 spiro atoms. The molecule has 0 aliphatic heterocycles. The fraction of sp³-hybridized carbons (Fsp3) is 0.800. The number of nitrogens with zero attached hydrogens (tertiary/aromatic N) is 1. The van der Waals surface area contributed by atoms with Gasteiger partial charge in [0.25, 0.3) is 0 Å². The van der Waals surface area contributed by atoms with Crippen molar-refractivity contribution in [2.45, 2.75) is 51.1 Å². The van der Waals surface area contributed by atoms with Crippen LogP contribution >= 0.6 is 0 Å². The molecule has 6 atom stereocenters. The van der Waals surface area contributed by atoms with Crippen molar-refractivity contribution >= 4 is 0 Å². The van der Waals surface area contributed by atoms with Gasteiger partial charge in [0.1, 0.15) is 0 Å². The molecular formula is C15H22N2. The van der Waals surface area contributed by atoms with Gasteiger partial charge in [-0.05, 0) is 50.4 Å². The van der Waals surface area contributed by atoms with E-state index in [1.807, 2.05) is 0 Å². The van der Waals surface area contributed by atoms with Crippen molar-refractivity contribution in [3.63, 3.8) is 0 Å². The topological polar surface area (TPSA) is 35.8 Å². The Morgan fingerprint density at radius 3 is 2.82 bits per heavy atom. The van der Waals surface area contributed by atoms with Crippen molar-refractivity contribution in [1.29, 1.82) is 5.26 Å². The number of hydrogen-bond donors (Lipinski definition) is 1. The normalized spacial score (nSPS) is 45.1. The molecule has 0 aromatic carbocycles.